The molecule has 0 spiro atoms. The Morgan fingerprint density at radius 1 is 0.696 bits per heavy atom. The summed E-state index contributed by atoms with van der Waals surface area (Å²) >= 11 is 3.15. The van der Waals surface area contributed by atoms with Crippen LogP contribution in [0.15, 0.2) is 59.1 Å². The summed E-state index contributed by atoms with van der Waals surface area (Å²) in [5.41, 5.74) is 8.94. The van der Waals surface area contributed by atoms with Gasteiger partial charge in [-0.25, -0.2) is 0 Å². The van der Waals surface area contributed by atoms with Gasteiger partial charge in [0.1, 0.15) is 0 Å². The molecule has 238 valence electrons. The molecular weight excluding hydrogens is 609 g/mol. The SMILES string of the molecule is CCCCCCc1c2cc(-c3ccc(C4=C5C(=O)NC(c6cccs6)=C5C(=O)N4)s3)n(C)c2c(CCCCCC)c2ccn(C)c12. The number of carbonyl (C=O) groups excluding carboxylic acids is 2. The van der Waals surface area contributed by atoms with Crippen molar-refractivity contribution in [1.82, 2.24) is 19.8 Å². The maximum absolute atomic E-state index is 13.2. The van der Waals surface area contributed by atoms with Crippen LogP contribution in [0.25, 0.3) is 43.8 Å². The van der Waals surface area contributed by atoms with Crippen molar-refractivity contribution in [3.8, 4) is 10.6 Å². The Kier molecular flexibility index (Phi) is 8.51. The zero-order valence-corrected chi connectivity index (χ0v) is 28.9. The third-order valence-corrected chi connectivity index (χ3v) is 11.7. The number of hydrogen-bond donors (Lipinski definition) is 2. The second-order valence-corrected chi connectivity index (χ2v) is 14.7. The second kappa shape index (κ2) is 12.7. The van der Waals surface area contributed by atoms with Crippen LogP contribution < -0.4 is 10.6 Å². The van der Waals surface area contributed by atoms with E-state index in [0.29, 0.717) is 22.5 Å². The van der Waals surface area contributed by atoms with Gasteiger partial charge in [-0.1, -0.05) is 58.4 Å². The van der Waals surface area contributed by atoms with Gasteiger partial charge >= 0.3 is 0 Å². The van der Waals surface area contributed by atoms with Crippen molar-refractivity contribution in [1.29, 1.82) is 0 Å². The zero-order valence-electron chi connectivity index (χ0n) is 27.2. The summed E-state index contributed by atoms with van der Waals surface area (Å²) in [4.78, 5) is 29.3. The van der Waals surface area contributed by atoms with Gasteiger partial charge in [-0.15, -0.1) is 22.7 Å². The molecule has 0 saturated carbocycles. The number of thiophene rings is 2. The number of rotatable bonds is 13. The van der Waals surface area contributed by atoms with Crippen molar-refractivity contribution in [2.45, 2.75) is 78.1 Å². The summed E-state index contributed by atoms with van der Waals surface area (Å²) in [5, 5.41) is 10.7. The lowest BCUT2D eigenvalue weighted by Gasteiger charge is -2.15. The van der Waals surface area contributed by atoms with E-state index < -0.39 is 0 Å². The van der Waals surface area contributed by atoms with E-state index in [4.69, 9.17) is 0 Å². The minimum absolute atomic E-state index is 0.224. The first-order valence-electron chi connectivity index (χ1n) is 16.8. The molecule has 0 aliphatic carbocycles. The monoisotopic (exact) mass is 650 g/mol. The molecule has 0 fully saturated rings. The summed E-state index contributed by atoms with van der Waals surface area (Å²) in [6.45, 7) is 4.54. The standard InChI is InChI=1S/C38H42N4O2S2/c1-5-7-9-11-14-23-25-19-20-41(3)35(25)24(15-12-10-8-6-2)26-22-27(42(4)36(23)26)28-17-18-30(46-28)34-32-31(37(43)40-34)33(39-38(32)44)29-16-13-21-45-29/h13,16-22H,5-12,14-15H2,1-4H3,(H,39,44)(H,40,43). The fraction of sp³-hybridized carbons (Fsp3) is 0.368. The van der Waals surface area contributed by atoms with E-state index in [1.165, 1.54) is 101 Å². The van der Waals surface area contributed by atoms with Gasteiger partial charge in [-0.3, -0.25) is 9.59 Å². The number of aryl methyl sites for hydroxylation is 4. The predicted octanol–water partition coefficient (Wildman–Crippen LogP) is 9.09. The van der Waals surface area contributed by atoms with E-state index in [1.807, 2.05) is 23.6 Å². The van der Waals surface area contributed by atoms with E-state index in [2.05, 4.69) is 72.1 Å². The van der Waals surface area contributed by atoms with E-state index in [0.717, 1.165) is 27.5 Å². The fourth-order valence-corrected chi connectivity index (χ4v) is 9.18. The van der Waals surface area contributed by atoms with Gasteiger partial charge in [0.2, 0.25) is 0 Å². The lowest BCUT2D eigenvalue weighted by Crippen LogP contribution is -2.20. The summed E-state index contributed by atoms with van der Waals surface area (Å²) in [6.07, 6.45) is 14.2. The largest absolute Gasteiger partial charge is 0.350 e. The number of nitrogens with zero attached hydrogens (tertiary/aromatic N) is 2. The molecule has 2 aliphatic heterocycles. The third-order valence-electron chi connectivity index (χ3n) is 9.64. The lowest BCUT2D eigenvalue weighted by atomic mass is 9.93. The third kappa shape index (κ3) is 5.16. The van der Waals surface area contributed by atoms with Crippen LogP contribution in [-0.4, -0.2) is 20.9 Å². The second-order valence-electron chi connectivity index (χ2n) is 12.7. The highest BCUT2D eigenvalue weighted by Crippen LogP contribution is 2.44. The van der Waals surface area contributed by atoms with E-state index in [1.54, 1.807) is 11.3 Å². The molecule has 0 unspecified atom stereocenters. The Bertz CT molecular complexity index is 2020. The molecule has 0 radical (unpaired) electrons. The van der Waals surface area contributed by atoms with Crippen molar-refractivity contribution >= 4 is 67.7 Å². The van der Waals surface area contributed by atoms with Crippen molar-refractivity contribution in [2.75, 3.05) is 0 Å². The van der Waals surface area contributed by atoms with E-state index in [-0.39, 0.29) is 11.8 Å². The molecular formula is C38H42N4O2S2. The average Bonchev–Trinajstić information content (AvgIpc) is 3.89. The van der Waals surface area contributed by atoms with Crippen molar-refractivity contribution in [2.24, 2.45) is 14.1 Å². The van der Waals surface area contributed by atoms with Crippen LogP contribution in [0.3, 0.4) is 0 Å². The van der Waals surface area contributed by atoms with Crippen LogP contribution in [0.1, 0.15) is 86.1 Å². The van der Waals surface area contributed by atoms with Gasteiger partial charge in [0.15, 0.2) is 0 Å². The van der Waals surface area contributed by atoms with Gasteiger partial charge < -0.3 is 19.8 Å². The first-order chi connectivity index (χ1) is 22.4. The molecule has 6 nitrogen and oxygen atoms in total. The molecule has 2 aliphatic rings. The number of unbranched alkanes of at least 4 members (excludes halogenated alkanes) is 6. The van der Waals surface area contributed by atoms with Crippen molar-refractivity contribution in [3.05, 3.63) is 80.0 Å². The molecule has 4 aromatic heterocycles. The normalized spacial score (nSPS) is 14.8. The Balaban J connectivity index is 1.34. The molecule has 6 heterocycles. The predicted molar refractivity (Wildman–Crippen MR) is 193 cm³/mol. The topological polar surface area (TPSA) is 68.1 Å². The molecule has 7 rings (SSSR count). The number of carbonyl (C=O) groups is 2. The summed E-state index contributed by atoms with van der Waals surface area (Å²) < 4.78 is 4.73. The minimum Gasteiger partial charge on any atom is -0.350 e. The van der Waals surface area contributed by atoms with Crippen LogP contribution in [-0.2, 0) is 36.5 Å². The van der Waals surface area contributed by atoms with Crippen molar-refractivity contribution < 1.29 is 9.59 Å². The van der Waals surface area contributed by atoms with Crippen LogP contribution in [0.4, 0.5) is 0 Å². The van der Waals surface area contributed by atoms with Crippen LogP contribution >= 0.6 is 22.7 Å². The molecule has 0 atom stereocenters. The molecule has 8 heteroatoms. The maximum atomic E-state index is 13.2. The Morgan fingerprint density at radius 2 is 1.33 bits per heavy atom. The Hall–Kier alpha value is -3.88. The van der Waals surface area contributed by atoms with Gasteiger partial charge in [0, 0.05) is 31.1 Å². The molecule has 2 N–H and O–H groups in total. The zero-order chi connectivity index (χ0) is 31.9. The molecule has 46 heavy (non-hydrogen) atoms. The summed E-state index contributed by atoms with van der Waals surface area (Å²) in [6, 6.07) is 12.8. The van der Waals surface area contributed by atoms with Crippen molar-refractivity contribution in [3.63, 3.8) is 0 Å². The van der Waals surface area contributed by atoms with E-state index in [9.17, 15) is 9.59 Å². The maximum Gasteiger partial charge on any atom is 0.258 e. The van der Waals surface area contributed by atoms with Crippen LogP contribution in [0.2, 0.25) is 0 Å². The average molecular weight is 651 g/mol. The number of hydrogen-bond acceptors (Lipinski definition) is 4. The number of benzene rings is 1. The minimum atomic E-state index is -0.224. The first-order valence-corrected chi connectivity index (χ1v) is 18.5. The smallest absolute Gasteiger partial charge is 0.258 e. The summed E-state index contributed by atoms with van der Waals surface area (Å²) in [5.74, 6) is -0.447. The van der Waals surface area contributed by atoms with Crippen LogP contribution in [0, 0.1) is 0 Å². The molecule has 0 saturated heterocycles. The van der Waals surface area contributed by atoms with Crippen LogP contribution in [0.5, 0.6) is 0 Å². The molecule has 1 aromatic carbocycles. The molecule has 0 bridgehead atoms. The van der Waals surface area contributed by atoms with E-state index >= 15 is 0 Å². The highest BCUT2D eigenvalue weighted by molar-refractivity contribution is 7.16. The number of amides is 2. The fourth-order valence-electron chi connectivity index (χ4n) is 7.38. The van der Waals surface area contributed by atoms with Gasteiger partial charge in [-0.2, -0.15) is 0 Å². The number of aromatic nitrogens is 2. The lowest BCUT2D eigenvalue weighted by molar-refractivity contribution is -0.117. The number of nitrogens with one attached hydrogen (secondary N) is 2. The van der Waals surface area contributed by atoms with Gasteiger partial charge in [0.05, 0.1) is 53.9 Å². The molecule has 5 aromatic rings. The quantitative estimate of drug-likeness (QED) is 0.125. The Labute approximate surface area is 278 Å². The summed E-state index contributed by atoms with van der Waals surface area (Å²) in [7, 11) is 4.40. The highest BCUT2D eigenvalue weighted by Gasteiger charge is 2.41. The number of fused-ring (bicyclic) bond motifs is 3. The van der Waals surface area contributed by atoms with Gasteiger partial charge in [-0.05, 0) is 72.5 Å². The first kappa shape index (κ1) is 30.8. The molecule has 2 amide bonds. The Morgan fingerprint density at radius 3 is 1.96 bits per heavy atom. The van der Waals surface area contributed by atoms with Gasteiger partial charge in [0.25, 0.3) is 11.8 Å². The highest BCUT2D eigenvalue weighted by atomic mass is 32.1.